The molecular weight excluding hydrogens is 1510 g/mol. The molecule has 0 aromatic carbocycles. The number of aliphatic hydroxyl groups excluding tert-OH is 9. The number of Topliss-reactive ketones (excluding diaryl/α,β-unsaturated/α-hetero) is 4. The molecule has 0 saturated carbocycles. The minimum atomic E-state index is -1.45. The number of ether oxygens (including phenoxy) is 9. The molecule has 36 nitrogen and oxygen atoms in total. The Morgan fingerprint density at radius 2 is 0.600 bits per heavy atom. The molecule has 16 N–H and O–H groups in total. The third-order valence-electron chi connectivity index (χ3n) is 19.9. The first kappa shape index (κ1) is 103. The Kier molecular flexibility index (Phi) is 54.6. The number of aliphatic hydroxyl groups is 9. The molecule has 3 fully saturated rings. The topological polar surface area (TPSA) is 537 Å². The lowest BCUT2D eigenvalue weighted by Gasteiger charge is -2.42. The van der Waals surface area contributed by atoms with Crippen LogP contribution in [0.1, 0.15) is 234 Å². The van der Waals surface area contributed by atoms with E-state index in [4.69, 9.17) is 42.6 Å². The van der Waals surface area contributed by atoms with Crippen LogP contribution in [0.2, 0.25) is 0 Å². The van der Waals surface area contributed by atoms with Gasteiger partial charge in [-0.1, -0.05) is 52.4 Å². The Bertz CT molecular complexity index is 2570. The van der Waals surface area contributed by atoms with Crippen LogP contribution < -0.4 is 37.2 Å². The zero-order valence-electron chi connectivity index (χ0n) is 68.5. The average Bonchev–Trinajstić information content (AvgIpc) is 0.817. The normalized spacial score (nSPS) is 24.0. The highest BCUT2D eigenvalue weighted by atomic mass is 16.7. The zero-order chi connectivity index (χ0) is 84.9. The number of hydrogen-bond donors (Lipinski definition) is 16. The number of nitrogens with one attached hydrogen (secondary N) is 7. The van der Waals surface area contributed by atoms with E-state index < -0.39 is 135 Å². The van der Waals surface area contributed by atoms with Crippen LogP contribution in [0.15, 0.2) is 0 Å². The van der Waals surface area contributed by atoms with Crippen molar-refractivity contribution in [2.45, 2.75) is 331 Å². The van der Waals surface area contributed by atoms with Crippen LogP contribution in [-0.2, 0) is 95.4 Å². The maximum absolute atomic E-state index is 14.0. The lowest BCUT2D eigenvalue weighted by atomic mass is 9.97. The first-order valence-electron chi connectivity index (χ1n) is 41.5. The third-order valence-corrected chi connectivity index (χ3v) is 19.9. The second-order valence-electron chi connectivity index (χ2n) is 30.5. The van der Waals surface area contributed by atoms with Gasteiger partial charge >= 0.3 is 0 Å². The smallest absolute Gasteiger partial charge is 0.222 e. The van der Waals surface area contributed by atoms with E-state index >= 15 is 0 Å². The number of ketones is 4. The Balaban J connectivity index is 1.57. The molecule has 3 aliphatic rings. The largest absolute Gasteiger partial charge is 0.394 e. The van der Waals surface area contributed by atoms with E-state index in [0.29, 0.717) is 89.9 Å². The first-order valence-corrected chi connectivity index (χ1v) is 41.5. The third kappa shape index (κ3) is 44.2. The minimum Gasteiger partial charge on any atom is -0.394 e. The summed E-state index contributed by atoms with van der Waals surface area (Å²) in [6, 6.07) is -3.24. The number of hydrogen-bond acceptors (Lipinski definition) is 29. The van der Waals surface area contributed by atoms with Gasteiger partial charge < -0.3 is 126 Å². The van der Waals surface area contributed by atoms with E-state index in [2.05, 4.69) is 37.2 Å². The summed E-state index contributed by atoms with van der Waals surface area (Å²) in [5.74, 6) is -2.45. The van der Waals surface area contributed by atoms with Gasteiger partial charge in [-0.25, -0.2) is 0 Å². The fourth-order valence-electron chi connectivity index (χ4n) is 13.2. The molecule has 0 aliphatic carbocycles. The average molecular weight is 1650 g/mol. The van der Waals surface area contributed by atoms with Crippen molar-refractivity contribution in [3.05, 3.63) is 0 Å². The Morgan fingerprint density at radius 3 is 0.878 bits per heavy atom. The second-order valence-corrected chi connectivity index (χ2v) is 30.5. The molecule has 7 amide bonds. The SMILES string of the molecule is CC(=O)NC1[C@H](OCCCCC(=O)CCCCNC(=O)CCOCC(COCCC(=O)NCCCCC(=O)CCCCO[C@@H]2OC(CO)[C@@H](O)[C@H](O)C2NC(C)=O)(COCCC(=O)NCCCCC(=O)CCCCO[C@@H]2OC(CO)[C@@H](O)[C@H](O)C2NC(C)=O)NC(=O)CCCCCCCCCCC(=O)C(C)C)OC(CO)[C@@H](O)[C@@H]1O. The highest BCUT2D eigenvalue weighted by Gasteiger charge is 2.48. The van der Waals surface area contributed by atoms with Crippen molar-refractivity contribution in [1.82, 2.24) is 37.2 Å². The summed E-state index contributed by atoms with van der Waals surface area (Å²) in [5, 5.41) is 110. The molecular formula is C79H139N7O29. The molecule has 3 aliphatic heterocycles. The predicted octanol–water partition coefficient (Wildman–Crippen LogP) is 0.146. The summed E-state index contributed by atoms with van der Waals surface area (Å²) in [7, 11) is 0. The van der Waals surface area contributed by atoms with Crippen LogP contribution in [0.3, 0.4) is 0 Å². The first-order chi connectivity index (χ1) is 55.0. The monoisotopic (exact) mass is 1650 g/mol. The molecule has 3 rings (SSSR count). The quantitative estimate of drug-likeness (QED) is 0.0360. The number of amides is 7. The van der Waals surface area contributed by atoms with Gasteiger partial charge in [-0.2, -0.15) is 0 Å². The molecule has 15 atom stereocenters. The van der Waals surface area contributed by atoms with E-state index in [1.807, 2.05) is 13.8 Å². The van der Waals surface area contributed by atoms with E-state index in [1.165, 1.54) is 20.8 Å². The highest BCUT2D eigenvalue weighted by Crippen LogP contribution is 2.27. The second kappa shape index (κ2) is 60.7. The Labute approximate surface area is 676 Å². The molecule has 0 bridgehead atoms. The molecule has 0 spiro atoms. The Hall–Kier alpha value is -5.75. The van der Waals surface area contributed by atoms with Gasteiger partial charge in [0.15, 0.2) is 18.9 Å². The number of carbonyl (C=O) groups is 11. The summed E-state index contributed by atoms with van der Waals surface area (Å²) in [4.78, 5) is 139. The van der Waals surface area contributed by atoms with Crippen molar-refractivity contribution < 1.29 is 141 Å². The van der Waals surface area contributed by atoms with Gasteiger partial charge in [0.25, 0.3) is 0 Å². The molecule has 115 heavy (non-hydrogen) atoms. The van der Waals surface area contributed by atoms with Crippen molar-refractivity contribution in [1.29, 1.82) is 0 Å². The van der Waals surface area contributed by atoms with Gasteiger partial charge in [0.2, 0.25) is 41.4 Å². The molecule has 0 aromatic heterocycles. The van der Waals surface area contributed by atoms with E-state index in [0.717, 1.165) is 44.9 Å². The van der Waals surface area contributed by atoms with Gasteiger partial charge in [-0.15, -0.1) is 0 Å². The molecule has 3 heterocycles. The van der Waals surface area contributed by atoms with Crippen LogP contribution in [0.5, 0.6) is 0 Å². The van der Waals surface area contributed by atoms with Gasteiger partial charge in [0.05, 0.1) is 59.5 Å². The maximum Gasteiger partial charge on any atom is 0.222 e. The molecule has 6 unspecified atom stereocenters. The fourth-order valence-corrected chi connectivity index (χ4v) is 13.2. The highest BCUT2D eigenvalue weighted by molar-refractivity contribution is 5.81. The lowest BCUT2D eigenvalue weighted by Crippen LogP contribution is -2.64. The van der Waals surface area contributed by atoms with Crippen molar-refractivity contribution in [3.63, 3.8) is 0 Å². The van der Waals surface area contributed by atoms with Gasteiger partial charge in [0, 0.05) is 137 Å². The van der Waals surface area contributed by atoms with Gasteiger partial charge in [0.1, 0.15) is 102 Å². The van der Waals surface area contributed by atoms with Crippen LogP contribution in [0, 0.1) is 5.92 Å². The molecule has 664 valence electrons. The lowest BCUT2D eigenvalue weighted by molar-refractivity contribution is -0.270. The fraction of sp³-hybridized carbons (Fsp3) is 0.861. The summed E-state index contributed by atoms with van der Waals surface area (Å²) < 4.78 is 52.4. The predicted molar refractivity (Wildman–Crippen MR) is 414 cm³/mol. The van der Waals surface area contributed by atoms with E-state index in [-0.39, 0.29) is 196 Å². The van der Waals surface area contributed by atoms with Crippen LogP contribution in [-0.4, -0.2) is 307 Å². The van der Waals surface area contributed by atoms with Crippen LogP contribution in [0.25, 0.3) is 0 Å². The standard InChI is InChI=1S/C79H139N7O29/c1-52(2)59(96)32-12-10-8-6-7-9-11-13-33-66(100)86-79(49-107-43-34-63(97)80-37-20-14-26-56(93)29-17-23-40-110-76-67(83-53(3)90)73(104)70(101)60(46-87)113-76,50-108-44-35-64(98)81-38-21-15-27-57(94)30-18-24-41-111-77-68(84-54(4)91)74(105)71(102)61(47-88)114-77)51-109-45-36-65(99)82-39-22-16-28-58(95)31-19-25-42-112-78-69(85-55(5)92)75(106)72(103)62(48-89)115-78/h52,60-62,67-78,87-89,101-106H,6-51H2,1-5H3,(H,80,97)(H,81,98)(H,82,99)(H,83,90)(H,84,91)(H,85,92)(H,86,100)/t60?,61?,62?,67?,68?,69?,70-,71-,72-,73-,74-,75-,76-,77-,78-,79?/m1/s1. The number of carbonyl (C=O) groups excluding carboxylic acids is 11. The van der Waals surface area contributed by atoms with Crippen molar-refractivity contribution in [2.75, 3.05) is 98.9 Å². The minimum absolute atomic E-state index is 0.00667. The van der Waals surface area contributed by atoms with Crippen molar-refractivity contribution in [3.8, 4) is 0 Å². The van der Waals surface area contributed by atoms with Crippen molar-refractivity contribution >= 4 is 64.5 Å². The zero-order valence-corrected chi connectivity index (χ0v) is 68.5. The molecule has 3 saturated heterocycles. The van der Waals surface area contributed by atoms with Crippen LogP contribution >= 0.6 is 0 Å². The van der Waals surface area contributed by atoms with Crippen LogP contribution in [0.4, 0.5) is 0 Å². The summed E-state index contributed by atoms with van der Waals surface area (Å²) in [6.07, 6.45) is -0.508. The maximum atomic E-state index is 14.0. The summed E-state index contributed by atoms with van der Waals surface area (Å²) in [5.41, 5.74) is -1.38. The van der Waals surface area contributed by atoms with Gasteiger partial charge in [-0.3, -0.25) is 52.7 Å². The summed E-state index contributed by atoms with van der Waals surface area (Å²) >= 11 is 0. The number of rotatable bonds is 67. The Morgan fingerprint density at radius 1 is 0.330 bits per heavy atom. The van der Waals surface area contributed by atoms with Gasteiger partial charge in [-0.05, 0) is 89.9 Å². The van der Waals surface area contributed by atoms with Crippen molar-refractivity contribution in [2.24, 2.45) is 5.92 Å². The summed E-state index contributed by atoms with van der Waals surface area (Å²) in [6.45, 7) is 6.06. The molecule has 0 radical (unpaired) electrons. The molecule has 0 aromatic rings. The molecule has 36 heteroatoms. The number of unbranched alkanes of at least 4 members (excludes halogenated alkanes) is 13. The van der Waals surface area contributed by atoms with E-state index in [1.54, 1.807) is 0 Å². The van der Waals surface area contributed by atoms with E-state index in [9.17, 15) is 98.7 Å².